The number of nitrogens with one attached hydrogen (secondary N) is 1. The van der Waals surface area contributed by atoms with Crippen molar-refractivity contribution in [3.63, 3.8) is 0 Å². The number of ether oxygens (including phenoxy) is 4. The van der Waals surface area contributed by atoms with E-state index in [2.05, 4.69) is 5.32 Å². The van der Waals surface area contributed by atoms with Crippen molar-refractivity contribution >= 4 is 23.2 Å². The highest BCUT2D eigenvalue weighted by Gasteiger charge is 2.23. The van der Waals surface area contributed by atoms with Crippen molar-refractivity contribution in [1.82, 2.24) is 0 Å². The second-order valence-electron chi connectivity index (χ2n) is 6.76. The Bertz CT molecular complexity index is 918. The normalized spacial score (nSPS) is 13.6. The van der Waals surface area contributed by atoms with Gasteiger partial charge in [0.15, 0.2) is 11.5 Å². The summed E-state index contributed by atoms with van der Waals surface area (Å²) in [6.07, 6.45) is 2.32. The molecule has 160 valence electrons. The van der Waals surface area contributed by atoms with Crippen LogP contribution < -0.4 is 29.2 Å². The summed E-state index contributed by atoms with van der Waals surface area (Å²) < 4.78 is 21.3. The van der Waals surface area contributed by atoms with Gasteiger partial charge in [0, 0.05) is 24.2 Å². The summed E-state index contributed by atoms with van der Waals surface area (Å²) in [5.74, 6) is 1.46. The standard InChI is InChI=1S/C22H26N2O6/c1-27-17-9-8-15(13-16(17)24-10-6-5-7-20(24)25)23-22(26)14-11-18(28-2)21(30-4)19(12-14)29-3/h8-9,11-13H,5-7,10H2,1-4H3,(H,23,26). The Morgan fingerprint density at radius 3 is 2.13 bits per heavy atom. The molecule has 1 saturated heterocycles. The van der Waals surface area contributed by atoms with E-state index in [1.54, 1.807) is 42.3 Å². The van der Waals surface area contributed by atoms with Crippen LogP contribution >= 0.6 is 0 Å². The molecule has 8 heteroatoms. The van der Waals surface area contributed by atoms with Gasteiger partial charge in [0.2, 0.25) is 11.7 Å². The van der Waals surface area contributed by atoms with E-state index in [1.807, 2.05) is 0 Å². The van der Waals surface area contributed by atoms with Crippen LogP contribution in [0.25, 0.3) is 0 Å². The third-order valence-electron chi connectivity index (χ3n) is 4.98. The smallest absolute Gasteiger partial charge is 0.255 e. The molecule has 0 saturated carbocycles. The largest absolute Gasteiger partial charge is 0.495 e. The first-order valence-electron chi connectivity index (χ1n) is 9.62. The fraction of sp³-hybridized carbons (Fsp3) is 0.364. The summed E-state index contributed by atoms with van der Waals surface area (Å²) in [6.45, 7) is 0.624. The fourth-order valence-corrected chi connectivity index (χ4v) is 3.45. The fourth-order valence-electron chi connectivity index (χ4n) is 3.45. The molecule has 2 aromatic carbocycles. The van der Waals surface area contributed by atoms with Crippen molar-refractivity contribution in [3.8, 4) is 23.0 Å². The Morgan fingerprint density at radius 2 is 1.57 bits per heavy atom. The summed E-state index contributed by atoms with van der Waals surface area (Å²) >= 11 is 0. The number of piperidine rings is 1. The predicted molar refractivity (Wildman–Crippen MR) is 113 cm³/mol. The average Bonchev–Trinajstić information content (AvgIpc) is 2.78. The number of hydrogen-bond donors (Lipinski definition) is 1. The van der Waals surface area contributed by atoms with Gasteiger partial charge < -0.3 is 29.2 Å². The summed E-state index contributed by atoms with van der Waals surface area (Å²) in [6, 6.07) is 8.37. The maximum Gasteiger partial charge on any atom is 0.255 e. The van der Waals surface area contributed by atoms with Gasteiger partial charge in [0.1, 0.15) is 5.75 Å². The third-order valence-corrected chi connectivity index (χ3v) is 4.98. The van der Waals surface area contributed by atoms with E-state index in [0.29, 0.717) is 52.9 Å². The van der Waals surface area contributed by atoms with E-state index in [1.165, 1.54) is 21.3 Å². The molecule has 0 unspecified atom stereocenters. The molecule has 0 aromatic heterocycles. The number of hydrogen-bond acceptors (Lipinski definition) is 6. The minimum atomic E-state index is -0.352. The lowest BCUT2D eigenvalue weighted by Gasteiger charge is -2.28. The molecule has 8 nitrogen and oxygen atoms in total. The average molecular weight is 414 g/mol. The Kier molecular flexibility index (Phi) is 6.66. The van der Waals surface area contributed by atoms with Gasteiger partial charge in [-0.15, -0.1) is 0 Å². The van der Waals surface area contributed by atoms with Gasteiger partial charge in [-0.2, -0.15) is 0 Å². The van der Waals surface area contributed by atoms with Gasteiger partial charge in [0.05, 0.1) is 34.1 Å². The molecule has 1 aliphatic heterocycles. The molecule has 0 radical (unpaired) electrons. The Morgan fingerprint density at radius 1 is 0.900 bits per heavy atom. The van der Waals surface area contributed by atoms with Crippen molar-refractivity contribution in [3.05, 3.63) is 35.9 Å². The number of nitrogens with zero attached hydrogens (tertiary/aromatic N) is 1. The van der Waals surface area contributed by atoms with Crippen molar-refractivity contribution in [2.45, 2.75) is 19.3 Å². The van der Waals surface area contributed by atoms with E-state index in [0.717, 1.165) is 12.8 Å². The molecule has 0 aliphatic carbocycles. The van der Waals surface area contributed by atoms with Gasteiger partial charge in [-0.1, -0.05) is 0 Å². The minimum absolute atomic E-state index is 0.0488. The molecular weight excluding hydrogens is 388 g/mol. The topological polar surface area (TPSA) is 86.3 Å². The summed E-state index contributed by atoms with van der Waals surface area (Å²) in [4.78, 5) is 27.0. The first-order chi connectivity index (χ1) is 14.5. The lowest BCUT2D eigenvalue weighted by molar-refractivity contribution is -0.119. The second-order valence-corrected chi connectivity index (χ2v) is 6.76. The number of amides is 2. The van der Waals surface area contributed by atoms with E-state index in [-0.39, 0.29) is 11.8 Å². The van der Waals surface area contributed by atoms with Crippen LogP contribution in [0.3, 0.4) is 0 Å². The number of carbonyl (C=O) groups is 2. The van der Waals surface area contributed by atoms with Crippen LogP contribution in [-0.2, 0) is 4.79 Å². The molecule has 0 atom stereocenters. The van der Waals surface area contributed by atoms with Crippen molar-refractivity contribution < 1.29 is 28.5 Å². The van der Waals surface area contributed by atoms with E-state index < -0.39 is 0 Å². The first kappa shape index (κ1) is 21.3. The van der Waals surface area contributed by atoms with Crippen LogP contribution in [0.15, 0.2) is 30.3 Å². The monoisotopic (exact) mass is 414 g/mol. The number of rotatable bonds is 7. The van der Waals surface area contributed by atoms with E-state index >= 15 is 0 Å². The highest BCUT2D eigenvalue weighted by molar-refractivity contribution is 6.06. The van der Waals surface area contributed by atoms with Crippen LogP contribution in [0.5, 0.6) is 23.0 Å². The molecule has 2 amide bonds. The van der Waals surface area contributed by atoms with Gasteiger partial charge in [-0.25, -0.2) is 0 Å². The SMILES string of the molecule is COc1ccc(NC(=O)c2cc(OC)c(OC)c(OC)c2)cc1N1CCCCC1=O. The molecule has 0 bridgehead atoms. The highest BCUT2D eigenvalue weighted by Crippen LogP contribution is 2.39. The molecule has 0 spiro atoms. The van der Waals surface area contributed by atoms with Gasteiger partial charge in [-0.3, -0.25) is 9.59 Å². The molecule has 30 heavy (non-hydrogen) atoms. The first-order valence-corrected chi connectivity index (χ1v) is 9.62. The lowest BCUT2D eigenvalue weighted by Crippen LogP contribution is -2.35. The highest BCUT2D eigenvalue weighted by atomic mass is 16.5. The Balaban J connectivity index is 1.90. The zero-order valence-corrected chi connectivity index (χ0v) is 17.6. The van der Waals surface area contributed by atoms with Gasteiger partial charge in [-0.05, 0) is 43.2 Å². The number of benzene rings is 2. The van der Waals surface area contributed by atoms with E-state index in [4.69, 9.17) is 18.9 Å². The van der Waals surface area contributed by atoms with Crippen molar-refractivity contribution in [2.24, 2.45) is 0 Å². The molecular formula is C22H26N2O6. The number of carbonyl (C=O) groups excluding carboxylic acids is 2. The predicted octanol–water partition coefficient (Wildman–Crippen LogP) is 3.49. The molecule has 1 fully saturated rings. The maximum absolute atomic E-state index is 12.9. The maximum atomic E-state index is 12.9. The van der Waals surface area contributed by atoms with Crippen LogP contribution in [-0.4, -0.2) is 46.8 Å². The van der Waals surface area contributed by atoms with E-state index in [9.17, 15) is 9.59 Å². The van der Waals surface area contributed by atoms with Crippen LogP contribution in [0.1, 0.15) is 29.6 Å². The van der Waals surface area contributed by atoms with Gasteiger partial charge >= 0.3 is 0 Å². The quantitative estimate of drug-likeness (QED) is 0.746. The Labute approximate surface area is 175 Å². The molecule has 1 heterocycles. The third kappa shape index (κ3) is 4.27. The second kappa shape index (κ2) is 9.39. The summed E-state index contributed by atoms with van der Waals surface area (Å²) in [5, 5.41) is 2.86. The molecule has 3 rings (SSSR count). The Hall–Kier alpha value is -3.42. The van der Waals surface area contributed by atoms with Crippen LogP contribution in [0, 0.1) is 0 Å². The molecule has 2 aromatic rings. The zero-order chi connectivity index (χ0) is 21.7. The van der Waals surface area contributed by atoms with Crippen molar-refractivity contribution in [1.29, 1.82) is 0 Å². The van der Waals surface area contributed by atoms with Gasteiger partial charge in [0.25, 0.3) is 5.91 Å². The summed E-state index contributed by atoms with van der Waals surface area (Å²) in [5.41, 5.74) is 1.53. The molecule has 1 N–H and O–H groups in total. The zero-order valence-electron chi connectivity index (χ0n) is 17.6. The number of anilines is 2. The molecule has 1 aliphatic rings. The number of methoxy groups -OCH3 is 4. The van der Waals surface area contributed by atoms with Crippen LogP contribution in [0.4, 0.5) is 11.4 Å². The minimum Gasteiger partial charge on any atom is -0.495 e. The summed E-state index contributed by atoms with van der Waals surface area (Å²) in [7, 11) is 6.04. The van der Waals surface area contributed by atoms with Crippen molar-refractivity contribution in [2.75, 3.05) is 45.2 Å². The van der Waals surface area contributed by atoms with Crippen LogP contribution in [0.2, 0.25) is 0 Å². The lowest BCUT2D eigenvalue weighted by atomic mass is 10.1.